The van der Waals surface area contributed by atoms with Crippen LogP contribution in [0.2, 0.25) is 0 Å². The topological polar surface area (TPSA) is 130 Å². The van der Waals surface area contributed by atoms with Crippen LogP contribution in [0, 0.1) is 11.3 Å². The Labute approximate surface area is 183 Å². The van der Waals surface area contributed by atoms with Gasteiger partial charge in [0.2, 0.25) is 0 Å². The summed E-state index contributed by atoms with van der Waals surface area (Å²) in [5.41, 5.74) is 2.63. The number of hydrogen-bond acceptors (Lipinski definition) is 8. The number of H-pyrrole nitrogens is 1. The lowest BCUT2D eigenvalue weighted by Gasteiger charge is -2.14. The van der Waals surface area contributed by atoms with Crippen LogP contribution in [-0.4, -0.2) is 34.0 Å². The highest BCUT2D eigenvalue weighted by Crippen LogP contribution is 2.32. The summed E-state index contributed by atoms with van der Waals surface area (Å²) in [7, 11) is 4.83. The predicted molar refractivity (Wildman–Crippen MR) is 121 cm³/mol. The molecule has 10 heteroatoms. The van der Waals surface area contributed by atoms with E-state index in [1.54, 1.807) is 45.5 Å². The van der Waals surface area contributed by atoms with Gasteiger partial charge in [-0.2, -0.15) is 5.26 Å². The summed E-state index contributed by atoms with van der Waals surface area (Å²) in [5.74, 6) is 1.51. The quantitative estimate of drug-likeness (QED) is 0.407. The fourth-order valence-electron chi connectivity index (χ4n) is 3.32. The van der Waals surface area contributed by atoms with Gasteiger partial charge in [-0.1, -0.05) is 12.1 Å². The maximum Gasteiger partial charge on any atom is 0.277 e. The van der Waals surface area contributed by atoms with Crippen molar-refractivity contribution >= 4 is 34.0 Å². The molecule has 0 saturated carbocycles. The molecule has 0 unspecified atom stereocenters. The monoisotopic (exact) mass is 431 g/mol. The zero-order chi connectivity index (χ0) is 22.7. The lowest BCUT2D eigenvalue weighted by atomic mass is 10.2. The molecular weight excluding hydrogens is 410 g/mol. The van der Waals surface area contributed by atoms with E-state index in [-0.39, 0.29) is 11.3 Å². The number of fused-ring (bicyclic) bond motifs is 1. The van der Waals surface area contributed by atoms with E-state index in [9.17, 15) is 4.79 Å². The number of aromatic nitrogens is 4. The third kappa shape index (κ3) is 4.10. The first-order valence-electron chi connectivity index (χ1n) is 9.69. The molecule has 162 valence electrons. The van der Waals surface area contributed by atoms with Gasteiger partial charge in [-0.05, 0) is 29.8 Å². The van der Waals surface area contributed by atoms with Crippen molar-refractivity contribution in [1.29, 1.82) is 5.26 Å². The third-order valence-electron chi connectivity index (χ3n) is 4.78. The second kappa shape index (κ2) is 8.79. The maximum atomic E-state index is 12.7. The van der Waals surface area contributed by atoms with E-state index in [4.69, 9.17) is 14.7 Å². The van der Waals surface area contributed by atoms with E-state index >= 15 is 0 Å². The van der Waals surface area contributed by atoms with Crippen LogP contribution in [0.25, 0.3) is 11.0 Å². The standard InChI is InChI=1S/C22H21N7O3/c1-29-22(30)20-16(25-15-8-7-13(12-31-2)9-17(15)32-3)10-19(27-21(20)28-29)26-18-6-4-5-14(11-23)24-18/h4-10H,12H2,1-3H3,(H3,24,25,26,27,28). The van der Waals surface area contributed by atoms with Crippen molar-refractivity contribution in [1.82, 2.24) is 19.7 Å². The fraction of sp³-hybridized carbons (Fsp3) is 0.182. The Morgan fingerprint density at radius 3 is 2.69 bits per heavy atom. The largest absolute Gasteiger partial charge is 0.495 e. The van der Waals surface area contributed by atoms with Gasteiger partial charge in [0.15, 0.2) is 5.65 Å². The Hall–Kier alpha value is -4.36. The summed E-state index contributed by atoms with van der Waals surface area (Å²) in [6.45, 7) is 0.456. The molecule has 0 aliphatic heterocycles. The van der Waals surface area contributed by atoms with Gasteiger partial charge in [-0.3, -0.25) is 14.6 Å². The molecule has 4 rings (SSSR count). The first-order chi connectivity index (χ1) is 15.5. The van der Waals surface area contributed by atoms with Crippen LogP contribution >= 0.6 is 0 Å². The number of anilines is 4. The molecule has 0 fully saturated rings. The van der Waals surface area contributed by atoms with Crippen molar-refractivity contribution in [2.45, 2.75) is 6.61 Å². The first-order valence-corrected chi connectivity index (χ1v) is 9.69. The third-order valence-corrected chi connectivity index (χ3v) is 4.78. The van der Waals surface area contributed by atoms with Gasteiger partial charge in [0.05, 0.1) is 25.1 Å². The summed E-state index contributed by atoms with van der Waals surface area (Å²) >= 11 is 0. The van der Waals surface area contributed by atoms with Crippen LogP contribution in [0.4, 0.5) is 23.0 Å². The summed E-state index contributed by atoms with van der Waals surface area (Å²) in [6, 6.07) is 14.4. The molecule has 0 aliphatic carbocycles. The molecule has 0 atom stereocenters. The average Bonchev–Trinajstić information content (AvgIpc) is 3.08. The Balaban J connectivity index is 1.78. The van der Waals surface area contributed by atoms with Crippen molar-refractivity contribution in [2.75, 3.05) is 24.9 Å². The van der Waals surface area contributed by atoms with Crippen molar-refractivity contribution in [3.05, 3.63) is 64.1 Å². The van der Waals surface area contributed by atoms with E-state index < -0.39 is 0 Å². The molecule has 1 aromatic carbocycles. The molecule has 10 nitrogen and oxygen atoms in total. The van der Waals surface area contributed by atoms with Gasteiger partial charge in [0, 0.05) is 20.2 Å². The smallest absolute Gasteiger partial charge is 0.277 e. The number of aryl methyl sites for hydroxylation is 1. The van der Waals surface area contributed by atoms with Crippen molar-refractivity contribution < 1.29 is 9.47 Å². The molecule has 0 saturated heterocycles. The molecule has 3 heterocycles. The summed E-state index contributed by atoms with van der Waals surface area (Å²) in [6.07, 6.45) is 0. The molecule has 4 aromatic rings. The lowest BCUT2D eigenvalue weighted by molar-refractivity contribution is 0.184. The van der Waals surface area contributed by atoms with E-state index in [2.05, 4.69) is 25.7 Å². The Morgan fingerprint density at radius 2 is 1.94 bits per heavy atom. The van der Waals surface area contributed by atoms with E-state index in [1.165, 1.54) is 4.68 Å². The van der Waals surface area contributed by atoms with E-state index in [1.807, 2.05) is 24.3 Å². The van der Waals surface area contributed by atoms with Gasteiger partial charge >= 0.3 is 0 Å². The van der Waals surface area contributed by atoms with Crippen LogP contribution in [0.15, 0.2) is 47.3 Å². The highest BCUT2D eigenvalue weighted by atomic mass is 16.5. The Bertz CT molecular complexity index is 1380. The van der Waals surface area contributed by atoms with Crippen LogP contribution in [0.5, 0.6) is 5.75 Å². The van der Waals surface area contributed by atoms with Gasteiger partial charge < -0.3 is 20.1 Å². The zero-order valence-electron chi connectivity index (χ0n) is 17.8. The maximum absolute atomic E-state index is 12.7. The second-order valence-corrected chi connectivity index (χ2v) is 6.99. The Morgan fingerprint density at radius 1 is 1.09 bits per heavy atom. The van der Waals surface area contributed by atoms with E-state index in [0.717, 1.165) is 5.56 Å². The number of nitrogens with zero attached hydrogens (tertiary/aromatic N) is 4. The number of ether oxygens (including phenoxy) is 2. The molecule has 3 aromatic heterocycles. The highest BCUT2D eigenvalue weighted by molar-refractivity contribution is 5.93. The van der Waals surface area contributed by atoms with Crippen LogP contribution in [-0.2, 0) is 18.4 Å². The van der Waals surface area contributed by atoms with Crippen LogP contribution < -0.4 is 20.9 Å². The summed E-state index contributed by atoms with van der Waals surface area (Å²) < 4.78 is 12.1. The molecule has 0 amide bonds. The SMILES string of the molecule is COCc1ccc(Nc2cc(Nc3cccc(C#N)n3)nc3[nH]n(C)c(=O)c23)c(OC)c1. The molecule has 0 radical (unpaired) electrons. The molecule has 0 spiro atoms. The van der Waals surface area contributed by atoms with Crippen LogP contribution in [0.1, 0.15) is 11.3 Å². The molecule has 3 N–H and O–H groups in total. The number of hydrogen-bond donors (Lipinski definition) is 3. The number of benzene rings is 1. The number of nitriles is 1. The lowest BCUT2D eigenvalue weighted by Crippen LogP contribution is -2.12. The minimum Gasteiger partial charge on any atom is -0.495 e. The molecule has 32 heavy (non-hydrogen) atoms. The van der Waals surface area contributed by atoms with Crippen molar-refractivity contribution in [2.24, 2.45) is 7.05 Å². The second-order valence-electron chi connectivity index (χ2n) is 6.99. The molecule has 0 aliphatic rings. The van der Waals surface area contributed by atoms with Gasteiger partial charge in [0.25, 0.3) is 5.56 Å². The number of nitrogens with one attached hydrogen (secondary N) is 3. The highest BCUT2D eigenvalue weighted by Gasteiger charge is 2.16. The molecular formula is C22H21N7O3. The molecule has 0 bridgehead atoms. The average molecular weight is 431 g/mol. The Kier molecular flexibility index (Phi) is 5.74. The van der Waals surface area contributed by atoms with E-state index in [0.29, 0.717) is 46.4 Å². The minimum absolute atomic E-state index is 0.221. The van der Waals surface area contributed by atoms with Crippen LogP contribution in [0.3, 0.4) is 0 Å². The van der Waals surface area contributed by atoms with Crippen molar-refractivity contribution in [3.63, 3.8) is 0 Å². The minimum atomic E-state index is -0.221. The normalized spacial score (nSPS) is 10.7. The van der Waals surface area contributed by atoms with Crippen molar-refractivity contribution in [3.8, 4) is 11.8 Å². The summed E-state index contributed by atoms with van der Waals surface area (Å²) in [5, 5.41) is 18.8. The number of rotatable bonds is 7. The summed E-state index contributed by atoms with van der Waals surface area (Å²) in [4.78, 5) is 21.4. The van der Waals surface area contributed by atoms with Gasteiger partial charge in [-0.15, -0.1) is 0 Å². The number of pyridine rings is 2. The van der Waals surface area contributed by atoms with Gasteiger partial charge in [0.1, 0.15) is 34.5 Å². The predicted octanol–water partition coefficient (Wildman–Crippen LogP) is 3.17. The zero-order valence-corrected chi connectivity index (χ0v) is 17.8. The number of methoxy groups -OCH3 is 2. The fourth-order valence-corrected chi connectivity index (χ4v) is 3.32. The number of aromatic amines is 1. The van der Waals surface area contributed by atoms with Gasteiger partial charge in [-0.25, -0.2) is 9.97 Å². The first kappa shape index (κ1) is 20.9.